The highest BCUT2D eigenvalue weighted by Crippen LogP contribution is 2.26. The molecule has 1 aromatic carbocycles. The van der Waals surface area contributed by atoms with Gasteiger partial charge >= 0.3 is 0 Å². The monoisotopic (exact) mass is 456 g/mol. The van der Waals surface area contributed by atoms with Gasteiger partial charge in [-0.1, -0.05) is 18.6 Å². The summed E-state index contributed by atoms with van der Waals surface area (Å²) in [5.74, 6) is 0.504. The molecule has 1 aliphatic heterocycles. The van der Waals surface area contributed by atoms with Crippen molar-refractivity contribution < 1.29 is 17.6 Å². The number of nitrogens with one attached hydrogen (secondary N) is 1. The Bertz CT molecular complexity index is 1180. The van der Waals surface area contributed by atoms with Crippen LogP contribution >= 0.6 is 0 Å². The molecule has 0 saturated carbocycles. The van der Waals surface area contributed by atoms with E-state index in [1.54, 1.807) is 53.4 Å². The zero-order chi connectivity index (χ0) is 22.7. The number of sulfonamides is 1. The molecule has 0 aliphatic carbocycles. The van der Waals surface area contributed by atoms with E-state index in [-0.39, 0.29) is 5.91 Å². The molecular formula is C23H28N4O4S. The molecule has 1 fully saturated rings. The van der Waals surface area contributed by atoms with Gasteiger partial charge in [0.05, 0.1) is 30.7 Å². The van der Waals surface area contributed by atoms with Crippen molar-refractivity contribution in [3.8, 4) is 0 Å². The van der Waals surface area contributed by atoms with Crippen LogP contribution in [0.15, 0.2) is 52.0 Å². The highest BCUT2D eigenvalue weighted by molar-refractivity contribution is 7.89. The largest absolute Gasteiger partial charge is 0.467 e. The second kappa shape index (κ2) is 9.30. The first kappa shape index (κ1) is 22.3. The van der Waals surface area contributed by atoms with Gasteiger partial charge in [-0.3, -0.25) is 9.48 Å². The number of benzene rings is 1. The zero-order valence-electron chi connectivity index (χ0n) is 18.4. The molecule has 8 nitrogen and oxygen atoms in total. The van der Waals surface area contributed by atoms with Gasteiger partial charge in [0.15, 0.2) is 0 Å². The van der Waals surface area contributed by atoms with Crippen molar-refractivity contribution in [2.75, 3.05) is 13.1 Å². The first-order chi connectivity index (χ1) is 15.4. The summed E-state index contributed by atoms with van der Waals surface area (Å²) in [4.78, 5) is 12.6. The fourth-order valence-corrected chi connectivity index (χ4v) is 5.95. The molecule has 0 bridgehead atoms. The Morgan fingerprint density at radius 1 is 1.09 bits per heavy atom. The Morgan fingerprint density at radius 3 is 2.47 bits per heavy atom. The van der Waals surface area contributed by atoms with E-state index in [1.807, 2.05) is 12.1 Å². The maximum Gasteiger partial charge on any atom is 0.251 e. The maximum atomic E-state index is 13.2. The summed E-state index contributed by atoms with van der Waals surface area (Å²) in [6, 6.07) is 10.8. The Balaban J connectivity index is 1.46. The summed E-state index contributed by atoms with van der Waals surface area (Å²) in [6.07, 6.45) is 4.43. The van der Waals surface area contributed by atoms with E-state index in [1.165, 1.54) is 0 Å². The van der Waals surface area contributed by atoms with Gasteiger partial charge in [-0.05, 0) is 56.5 Å². The minimum Gasteiger partial charge on any atom is -0.467 e. The topological polar surface area (TPSA) is 97.4 Å². The van der Waals surface area contributed by atoms with Crippen LogP contribution < -0.4 is 5.32 Å². The predicted octanol–water partition coefficient (Wildman–Crippen LogP) is 3.25. The predicted molar refractivity (Wildman–Crippen MR) is 120 cm³/mol. The number of carbonyl (C=O) groups is 1. The molecule has 1 N–H and O–H groups in total. The van der Waals surface area contributed by atoms with Gasteiger partial charge in [0.2, 0.25) is 10.0 Å². The molecule has 2 aromatic heterocycles. The number of nitrogens with zero attached hydrogens (tertiary/aromatic N) is 3. The minimum absolute atomic E-state index is 0.186. The quantitative estimate of drug-likeness (QED) is 0.589. The molecule has 0 atom stereocenters. The van der Waals surface area contributed by atoms with Crippen molar-refractivity contribution in [1.29, 1.82) is 0 Å². The summed E-state index contributed by atoms with van der Waals surface area (Å²) in [7, 11) is -3.55. The van der Waals surface area contributed by atoms with Crippen LogP contribution in [0.5, 0.6) is 0 Å². The third-order valence-corrected chi connectivity index (χ3v) is 7.93. The van der Waals surface area contributed by atoms with Gasteiger partial charge in [0, 0.05) is 18.7 Å². The van der Waals surface area contributed by atoms with Crippen LogP contribution in [0, 0.1) is 13.8 Å². The van der Waals surface area contributed by atoms with Crippen molar-refractivity contribution in [2.24, 2.45) is 0 Å². The smallest absolute Gasteiger partial charge is 0.251 e. The number of rotatable bonds is 7. The van der Waals surface area contributed by atoms with Crippen LogP contribution in [0.3, 0.4) is 0 Å². The third-order valence-electron chi connectivity index (χ3n) is 5.78. The van der Waals surface area contributed by atoms with Gasteiger partial charge in [-0.25, -0.2) is 8.42 Å². The van der Waals surface area contributed by atoms with Crippen LogP contribution in [0.25, 0.3) is 0 Å². The molecule has 1 aliphatic rings. The lowest BCUT2D eigenvalue weighted by Crippen LogP contribution is -2.36. The van der Waals surface area contributed by atoms with E-state index in [2.05, 4.69) is 10.4 Å². The van der Waals surface area contributed by atoms with Crippen molar-refractivity contribution in [3.05, 3.63) is 70.9 Å². The Kier molecular flexibility index (Phi) is 6.48. The van der Waals surface area contributed by atoms with Gasteiger partial charge in [-0.15, -0.1) is 0 Å². The van der Waals surface area contributed by atoms with Crippen LogP contribution in [-0.4, -0.2) is 41.5 Å². The van der Waals surface area contributed by atoms with Gasteiger partial charge in [0.1, 0.15) is 10.7 Å². The van der Waals surface area contributed by atoms with Gasteiger partial charge < -0.3 is 9.73 Å². The Morgan fingerprint density at radius 2 is 1.81 bits per heavy atom. The lowest BCUT2D eigenvalue weighted by molar-refractivity contribution is 0.0948. The fourth-order valence-electron chi connectivity index (χ4n) is 4.06. The van der Waals surface area contributed by atoms with E-state index >= 15 is 0 Å². The number of hydrogen-bond donors (Lipinski definition) is 1. The molecule has 0 unspecified atom stereocenters. The fraction of sp³-hybridized carbons (Fsp3) is 0.391. The van der Waals surface area contributed by atoms with Gasteiger partial charge in [0.25, 0.3) is 5.91 Å². The minimum atomic E-state index is -3.55. The highest BCUT2D eigenvalue weighted by Gasteiger charge is 2.31. The molecule has 1 amide bonds. The van der Waals surface area contributed by atoms with Crippen molar-refractivity contribution >= 4 is 15.9 Å². The van der Waals surface area contributed by atoms with E-state index in [0.29, 0.717) is 53.8 Å². The number of aryl methyl sites for hydroxylation is 1. The average Bonchev–Trinajstić information content (AvgIpc) is 3.41. The molecule has 3 heterocycles. The summed E-state index contributed by atoms with van der Waals surface area (Å²) in [5, 5.41) is 7.32. The molecule has 3 aromatic rings. The summed E-state index contributed by atoms with van der Waals surface area (Å²) in [5.41, 5.74) is 2.62. The average molecular weight is 457 g/mol. The molecule has 0 radical (unpaired) electrons. The summed E-state index contributed by atoms with van der Waals surface area (Å²) >= 11 is 0. The maximum absolute atomic E-state index is 13.2. The second-order valence-electron chi connectivity index (χ2n) is 8.08. The Hall–Kier alpha value is -2.91. The number of amides is 1. The van der Waals surface area contributed by atoms with Crippen molar-refractivity contribution in [2.45, 2.75) is 51.1 Å². The summed E-state index contributed by atoms with van der Waals surface area (Å²) in [6.45, 7) is 5.43. The zero-order valence-corrected chi connectivity index (χ0v) is 19.2. The highest BCUT2D eigenvalue weighted by atomic mass is 32.2. The SMILES string of the molecule is Cc1nn(Cc2ccc(C(=O)NCc3ccco3)cc2)c(C)c1S(=O)(=O)N1CCCCC1. The van der Waals surface area contributed by atoms with E-state index in [9.17, 15) is 13.2 Å². The molecular weight excluding hydrogens is 428 g/mol. The van der Waals surface area contributed by atoms with Gasteiger partial charge in [-0.2, -0.15) is 9.40 Å². The standard InChI is InChI=1S/C23H28N4O4S/c1-17-22(32(29,30)26-12-4-3-5-13-26)18(2)27(25-17)16-19-8-10-20(11-9-19)23(28)24-15-21-7-6-14-31-21/h6-11,14H,3-5,12-13,15-16H2,1-2H3,(H,24,28). The molecule has 170 valence electrons. The molecule has 9 heteroatoms. The van der Waals surface area contributed by atoms with E-state index in [4.69, 9.17) is 4.42 Å². The molecule has 4 rings (SSSR count). The number of carbonyl (C=O) groups excluding carboxylic acids is 1. The summed E-state index contributed by atoms with van der Waals surface area (Å²) < 4.78 is 34.9. The van der Waals surface area contributed by atoms with E-state index < -0.39 is 10.0 Å². The molecule has 1 saturated heterocycles. The third kappa shape index (κ3) is 4.63. The van der Waals surface area contributed by atoms with E-state index in [0.717, 1.165) is 24.8 Å². The van der Waals surface area contributed by atoms with Crippen LogP contribution in [0.1, 0.15) is 52.3 Å². The Labute approximate surface area is 188 Å². The van der Waals surface area contributed by atoms with Crippen molar-refractivity contribution in [3.63, 3.8) is 0 Å². The van der Waals surface area contributed by atoms with Crippen LogP contribution in [0.2, 0.25) is 0 Å². The normalized spacial score (nSPS) is 15.1. The lowest BCUT2D eigenvalue weighted by Gasteiger charge is -2.26. The van der Waals surface area contributed by atoms with Crippen molar-refractivity contribution in [1.82, 2.24) is 19.4 Å². The second-order valence-corrected chi connectivity index (χ2v) is 9.96. The molecule has 0 spiro atoms. The van der Waals surface area contributed by atoms with Crippen LogP contribution in [0.4, 0.5) is 0 Å². The first-order valence-electron chi connectivity index (χ1n) is 10.8. The number of furan rings is 1. The lowest BCUT2D eigenvalue weighted by atomic mass is 10.1. The first-order valence-corrected chi connectivity index (χ1v) is 12.2. The number of hydrogen-bond acceptors (Lipinski definition) is 5. The number of aromatic nitrogens is 2. The molecule has 32 heavy (non-hydrogen) atoms. The number of piperidine rings is 1. The van der Waals surface area contributed by atoms with Crippen LogP contribution in [-0.2, 0) is 23.1 Å².